The first-order valence-electron chi connectivity index (χ1n) is 6.68. The van der Waals surface area contributed by atoms with Gasteiger partial charge in [-0.15, -0.1) is 0 Å². The lowest BCUT2D eigenvalue weighted by molar-refractivity contribution is -0.610. The van der Waals surface area contributed by atoms with Crippen LogP contribution < -0.4 is 11.0 Å². The van der Waals surface area contributed by atoms with Crippen LogP contribution in [0.2, 0.25) is 0 Å². The number of quaternary nitrogens is 1. The molecule has 18 heavy (non-hydrogen) atoms. The predicted molar refractivity (Wildman–Crippen MR) is 66.4 cm³/mol. The van der Waals surface area contributed by atoms with Crippen LogP contribution in [-0.2, 0) is 6.42 Å². The molecule has 0 aromatic carbocycles. The molecule has 1 aromatic heterocycles. The number of rotatable bonds is 3. The highest BCUT2D eigenvalue weighted by atomic mass is 15.8. The quantitative estimate of drug-likeness (QED) is 0.673. The smallest absolute Gasteiger partial charge is 0.195 e. The molecule has 1 unspecified atom stereocenters. The molecule has 4 rings (SSSR count). The fourth-order valence-corrected chi connectivity index (χ4v) is 3.63. The molecular formula is C12H18N6. The molecule has 0 amide bonds. The number of amidine groups is 1. The number of aromatic nitrogens is 2. The number of nitrogens with one attached hydrogen (secondary N) is 2. The minimum atomic E-state index is 0.728. The summed E-state index contributed by atoms with van der Waals surface area (Å²) in [6.45, 7) is 4.61. The van der Waals surface area contributed by atoms with E-state index in [4.69, 9.17) is 0 Å². The van der Waals surface area contributed by atoms with Crippen molar-refractivity contribution in [2.24, 2.45) is 22.9 Å². The molecular weight excluding hydrogens is 228 g/mol. The molecule has 2 heterocycles. The van der Waals surface area contributed by atoms with Crippen molar-refractivity contribution < 1.29 is 5.53 Å². The highest BCUT2D eigenvalue weighted by molar-refractivity contribution is 5.99. The Hall–Kier alpha value is -1.40. The van der Waals surface area contributed by atoms with Crippen molar-refractivity contribution in [3.8, 4) is 0 Å². The fourth-order valence-electron chi connectivity index (χ4n) is 3.63. The number of nitrogens with zero attached hydrogens (tertiary/aromatic N) is 3. The largest absolute Gasteiger partial charge is 0.416 e. The number of hydrogen-bond donors (Lipinski definition) is 3. The van der Waals surface area contributed by atoms with Crippen LogP contribution in [0, 0.1) is 17.8 Å². The van der Waals surface area contributed by atoms with E-state index in [9.17, 15) is 0 Å². The molecule has 0 bridgehead atoms. The van der Waals surface area contributed by atoms with Crippen LogP contribution in [0.3, 0.4) is 0 Å². The van der Waals surface area contributed by atoms with Gasteiger partial charge in [-0.25, -0.2) is 0 Å². The summed E-state index contributed by atoms with van der Waals surface area (Å²) in [6, 6.07) is 0. The second-order valence-corrected chi connectivity index (χ2v) is 5.99. The Balaban J connectivity index is 1.59. The van der Waals surface area contributed by atoms with Crippen molar-refractivity contribution in [2.45, 2.75) is 32.6 Å². The number of aromatic amines is 1. The Morgan fingerprint density at radius 1 is 1.50 bits per heavy atom. The molecule has 1 fully saturated rings. The third-order valence-corrected chi connectivity index (χ3v) is 4.39. The standard InChI is InChI=1S/C12H18N6/c1-5(2)3-6-7-4-8-10(9(6)7)13-14-11(8)12-15-17-18-16-12/h5-7,9H,3-4,17H2,1-2H3,(H,13,14)(H,15,16)/t6?,7-,9+/m0/s1. The minimum absolute atomic E-state index is 0.728. The molecule has 0 saturated heterocycles. The number of H-pyrrole nitrogens is 1. The molecule has 4 N–H and O–H groups in total. The van der Waals surface area contributed by atoms with E-state index < -0.39 is 0 Å². The molecule has 2 aliphatic carbocycles. The van der Waals surface area contributed by atoms with Gasteiger partial charge in [0.2, 0.25) is 0 Å². The van der Waals surface area contributed by atoms with Crippen LogP contribution in [0.4, 0.5) is 0 Å². The summed E-state index contributed by atoms with van der Waals surface area (Å²) in [7, 11) is 0. The third kappa shape index (κ3) is 1.36. The van der Waals surface area contributed by atoms with E-state index in [1.165, 1.54) is 23.2 Å². The minimum Gasteiger partial charge on any atom is -0.416 e. The van der Waals surface area contributed by atoms with Gasteiger partial charge in [0, 0.05) is 17.2 Å². The molecule has 3 aliphatic rings. The molecule has 1 aliphatic heterocycles. The van der Waals surface area contributed by atoms with Gasteiger partial charge in [-0.3, -0.25) is 10.6 Å². The van der Waals surface area contributed by atoms with Gasteiger partial charge in [0.05, 0.1) is 0 Å². The van der Waals surface area contributed by atoms with Crippen molar-refractivity contribution in [2.75, 3.05) is 0 Å². The Morgan fingerprint density at radius 3 is 3.11 bits per heavy atom. The van der Waals surface area contributed by atoms with E-state index in [1.54, 1.807) is 0 Å². The summed E-state index contributed by atoms with van der Waals surface area (Å²) in [5.74, 6) is 4.03. The SMILES string of the molecule is CC(C)CC1[C@H]2c3[nH]nc(C4=N[NH2+][N-]N4)c3C[C@@H]12. The summed E-state index contributed by atoms with van der Waals surface area (Å²) in [4.78, 5) is 0. The van der Waals surface area contributed by atoms with Crippen molar-refractivity contribution in [1.82, 2.24) is 15.6 Å². The van der Waals surface area contributed by atoms with E-state index in [1.807, 2.05) is 0 Å². The summed E-state index contributed by atoms with van der Waals surface area (Å²) >= 11 is 0. The van der Waals surface area contributed by atoms with Gasteiger partial charge in [0.1, 0.15) is 5.69 Å². The van der Waals surface area contributed by atoms with Crippen LogP contribution in [-0.4, -0.2) is 16.0 Å². The average Bonchev–Trinajstić information content (AvgIpc) is 2.83. The monoisotopic (exact) mass is 246 g/mol. The first-order valence-corrected chi connectivity index (χ1v) is 6.68. The molecule has 6 nitrogen and oxygen atoms in total. The van der Waals surface area contributed by atoms with Gasteiger partial charge in [0.15, 0.2) is 5.84 Å². The Kier molecular flexibility index (Phi) is 2.07. The lowest BCUT2D eigenvalue weighted by atomic mass is 9.99. The molecule has 0 radical (unpaired) electrons. The van der Waals surface area contributed by atoms with Gasteiger partial charge in [-0.2, -0.15) is 5.10 Å². The van der Waals surface area contributed by atoms with Crippen molar-refractivity contribution in [3.05, 3.63) is 22.5 Å². The van der Waals surface area contributed by atoms with Gasteiger partial charge in [-0.1, -0.05) is 18.9 Å². The predicted octanol–water partition coefficient (Wildman–Crippen LogP) is 0.373. The lowest BCUT2D eigenvalue weighted by Gasteiger charge is -2.08. The zero-order valence-corrected chi connectivity index (χ0v) is 10.6. The van der Waals surface area contributed by atoms with Gasteiger partial charge in [0.25, 0.3) is 0 Å². The molecule has 0 spiro atoms. The average molecular weight is 246 g/mol. The highest BCUT2D eigenvalue weighted by Gasteiger charge is 2.57. The summed E-state index contributed by atoms with van der Waals surface area (Å²) < 4.78 is 0. The first-order chi connectivity index (χ1) is 8.75. The lowest BCUT2D eigenvalue weighted by Crippen LogP contribution is -2.70. The number of fused-ring (bicyclic) bond motifs is 3. The van der Waals surface area contributed by atoms with E-state index in [0.29, 0.717) is 0 Å². The number of nitrogens with two attached hydrogens (primary N) is 1. The molecule has 1 aromatic rings. The summed E-state index contributed by atoms with van der Waals surface area (Å²) in [5.41, 5.74) is 12.0. The van der Waals surface area contributed by atoms with Gasteiger partial charge >= 0.3 is 0 Å². The van der Waals surface area contributed by atoms with E-state index >= 15 is 0 Å². The molecule has 6 heteroatoms. The second kappa shape index (κ2) is 3.55. The van der Waals surface area contributed by atoms with Crippen LogP contribution in [0.15, 0.2) is 5.10 Å². The maximum atomic E-state index is 4.41. The van der Waals surface area contributed by atoms with Crippen LogP contribution in [0.5, 0.6) is 0 Å². The fraction of sp³-hybridized carbons (Fsp3) is 0.667. The normalized spacial score (nSPS) is 32.2. The zero-order valence-electron chi connectivity index (χ0n) is 10.6. The van der Waals surface area contributed by atoms with Crippen LogP contribution in [0.25, 0.3) is 5.53 Å². The Bertz CT molecular complexity index is 517. The topological polar surface area (TPSA) is 83.8 Å². The van der Waals surface area contributed by atoms with Crippen molar-refractivity contribution in [1.29, 1.82) is 0 Å². The zero-order chi connectivity index (χ0) is 12.3. The van der Waals surface area contributed by atoms with Crippen molar-refractivity contribution >= 4 is 5.84 Å². The maximum Gasteiger partial charge on any atom is 0.195 e. The van der Waals surface area contributed by atoms with Gasteiger partial charge in [-0.05, 0) is 30.6 Å². The van der Waals surface area contributed by atoms with Crippen LogP contribution >= 0.6 is 0 Å². The Labute approximate surface area is 106 Å². The highest BCUT2D eigenvalue weighted by Crippen LogP contribution is 2.63. The molecule has 3 atom stereocenters. The third-order valence-electron chi connectivity index (χ3n) is 4.39. The van der Waals surface area contributed by atoms with Gasteiger partial charge < -0.3 is 11.0 Å². The maximum absolute atomic E-state index is 4.41. The Morgan fingerprint density at radius 2 is 2.39 bits per heavy atom. The molecule has 1 saturated carbocycles. The number of hydrogen-bond acceptors (Lipinski definition) is 3. The second-order valence-electron chi connectivity index (χ2n) is 5.99. The summed E-state index contributed by atoms with van der Waals surface area (Å²) in [5, 5.41) is 11.8. The van der Waals surface area contributed by atoms with E-state index in [-0.39, 0.29) is 0 Å². The van der Waals surface area contributed by atoms with E-state index in [0.717, 1.165) is 41.6 Å². The first kappa shape index (κ1) is 10.5. The van der Waals surface area contributed by atoms with Crippen LogP contribution in [0.1, 0.15) is 43.1 Å². The molecule has 96 valence electrons. The summed E-state index contributed by atoms with van der Waals surface area (Å²) in [6.07, 6.45) is 2.50. The van der Waals surface area contributed by atoms with E-state index in [2.05, 4.69) is 40.1 Å². The van der Waals surface area contributed by atoms with Crippen molar-refractivity contribution in [3.63, 3.8) is 0 Å².